The van der Waals surface area contributed by atoms with Crippen molar-refractivity contribution in [1.29, 1.82) is 0 Å². The number of ether oxygens (including phenoxy) is 1. The maximum absolute atomic E-state index is 6.04. The van der Waals surface area contributed by atoms with Gasteiger partial charge in [0.15, 0.2) is 0 Å². The van der Waals surface area contributed by atoms with Crippen molar-refractivity contribution in [1.82, 2.24) is 14.8 Å². The van der Waals surface area contributed by atoms with E-state index in [4.69, 9.17) is 16.3 Å². The molecule has 0 aromatic carbocycles. The second kappa shape index (κ2) is 4.94. The molecule has 1 aromatic rings. The highest BCUT2D eigenvalue weighted by atomic mass is 35.5. The molecule has 96 valence electrons. The van der Waals surface area contributed by atoms with Gasteiger partial charge >= 0.3 is 0 Å². The zero-order chi connectivity index (χ0) is 12.5. The summed E-state index contributed by atoms with van der Waals surface area (Å²) in [6.07, 6.45) is 2.64. The molecule has 0 spiro atoms. The summed E-state index contributed by atoms with van der Waals surface area (Å²) in [5.41, 5.74) is -0.0450. The van der Waals surface area contributed by atoms with E-state index in [0.29, 0.717) is 11.9 Å². The lowest BCUT2D eigenvalue weighted by molar-refractivity contribution is 0.116. The Balaban J connectivity index is 1.91. The maximum atomic E-state index is 6.04. The quantitative estimate of drug-likeness (QED) is 0.762. The first kappa shape index (κ1) is 12.8. The third kappa shape index (κ3) is 3.42. The van der Waals surface area contributed by atoms with Gasteiger partial charge in [-0.25, -0.2) is 0 Å². The molecule has 1 heterocycles. The van der Waals surface area contributed by atoms with Crippen LogP contribution >= 0.6 is 11.6 Å². The van der Waals surface area contributed by atoms with E-state index in [1.807, 2.05) is 4.57 Å². The molecule has 0 N–H and O–H groups in total. The number of hydrogen-bond acceptors (Lipinski definition) is 3. The number of hydrogen-bond donors (Lipinski definition) is 0. The minimum atomic E-state index is -0.0450. The van der Waals surface area contributed by atoms with E-state index in [1.165, 1.54) is 12.8 Å². The van der Waals surface area contributed by atoms with Gasteiger partial charge < -0.3 is 4.74 Å². The fraction of sp³-hybridized carbons (Fsp3) is 0.833. The largest absolute Gasteiger partial charge is 0.379 e. The minimum absolute atomic E-state index is 0.0450. The minimum Gasteiger partial charge on any atom is -0.379 e. The summed E-state index contributed by atoms with van der Waals surface area (Å²) in [5.74, 6) is 1.71. The molecule has 0 unspecified atom stereocenters. The third-order valence-electron chi connectivity index (χ3n) is 2.89. The molecule has 5 heteroatoms. The number of aromatic nitrogens is 3. The van der Waals surface area contributed by atoms with Crippen LogP contribution in [-0.4, -0.2) is 28.0 Å². The standard InChI is InChI=1S/C12H20ClN3O/c1-12(2,3)10-14-15-11(13)16(10)6-7-17-8-9-4-5-9/h9H,4-8H2,1-3H3. The van der Waals surface area contributed by atoms with Crippen LogP contribution in [0.15, 0.2) is 0 Å². The molecule has 2 rings (SSSR count). The van der Waals surface area contributed by atoms with Gasteiger partial charge in [0.2, 0.25) is 5.28 Å². The number of halogens is 1. The van der Waals surface area contributed by atoms with E-state index in [-0.39, 0.29) is 5.41 Å². The summed E-state index contributed by atoms with van der Waals surface area (Å²) in [6, 6.07) is 0. The van der Waals surface area contributed by atoms with Crippen molar-refractivity contribution in [3.8, 4) is 0 Å². The first-order chi connectivity index (χ1) is 7.98. The molecule has 1 aromatic heterocycles. The van der Waals surface area contributed by atoms with Crippen LogP contribution in [0.2, 0.25) is 5.28 Å². The average Bonchev–Trinajstić information content (AvgIpc) is 2.96. The van der Waals surface area contributed by atoms with E-state index in [0.717, 1.165) is 24.9 Å². The monoisotopic (exact) mass is 257 g/mol. The Kier molecular flexibility index (Phi) is 3.73. The van der Waals surface area contributed by atoms with Crippen molar-refractivity contribution in [2.45, 2.75) is 45.6 Å². The number of rotatable bonds is 5. The maximum Gasteiger partial charge on any atom is 0.225 e. The Morgan fingerprint density at radius 3 is 2.65 bits per heavy atom. The molecule has 1 fully saturated rings. The lowest BCUT2D eigenvalue weighted by Crippen LogP contribution is -2.21. The summed E-state index contributed by atoms with van der Waals surface area (Å²) < 4.78 is 7.56. The molecule has 0 aliphatic heterocycles. The Bertz CT molecular complexity index is 380. The van der Waals surface area contributed by atoms with Gasteiger partial charge in [-0.1, -0.05) is 20.8 Å². The Labute approximate surface area is 107 Å². The van der Waals surface area contributed by atoms with Gasteiger partial charge in [-0.05, 0) is 30.4 Å². The van der Waals surface area contributed by atoms with E-state index in [9.17, 15) is 0 Å². The second-order valence-corrected chi connectivity index (χ2v) is 6.05. The Morgan fingerprint density at radius 2 is 2.06 bits per heavy atom. The molecule has 0 amide bonds. The predicted molar refractivity (Wildman–Crippen MR) is 67.3 cm³/mol. The summed E-state index contributed by atoms with van der Waals surface area (Å²) in [7, 11) is 0. The zero-order valence-corrected chi connectivity index (χ0v) is 11.5. The first-order valence-corrected chi connectivity index (χ1v) is 6.53. The molecule has 0 bridgehead atoms. The van der Waals surface area contributed by atoms with Crippen molar-refractivity contribution in [3.05, 3.63) is 11.1 Å². The molecule has 0 saturated heterocycles. The van der Waals surface area contributed by atoms with E-state index in [1.54, 1.807) is 0 Å². The van der Waals surface area contributed by atoms with E-state index < -0.39 is 0 Å². The fourth-order valence-electron chi connectivity index (χ4n) is 1.73. The lowest BCUT2D eigenvalue weighted by atomic mass is 9.96. The molecular weight excluding hydrogens is 238 g/mol. The summed E-state index contributed by atoms with van der Waals surface area (Å²) in [5, 5.41) is 8.52. The lowest BCUT2D eigenvalue weighted by Gasteiger charge is -2.18. The molecule has 4 nitrogen and oxygen atoms in total. The molecule has 0 atom stereocenters. The molecule has 1 aliphatic rings. The van der Waals surface area contributed by atoms with Gasteiger partial charge in [0.1, 0.15) is 5.82 Å². The number of nitrogens with zero attached hydrogens (tertiary/aromatic N) is 3. The summed E-state index contributed by atoms with van der Waals surface area (Å²) in [6.45, 7) is 8.60. The van der Waals surface area contributed by atoms with Crippen LogP contribution in [0.5, 0.6) is 0 Å². The van der Waals surface area contributed by atoms with Crippen molar-refractivity contribution in [2.24, 2.45) is 5.92 Å². The normalized spacial score (nSPS) is 16.5. The van der Waals surface area contributed by atoms with Crippen LogP contribution in [0.4, 0.5) is 0 Å². The Morgan fingerprint density at radius 1 is 1.35 bits per heavy atom. The van der Waals surface area contributed by atoms with Crippen molar-refractivity contribution in [3.63, 3.8) is 0 Å². The van der Waals surface area contributed by atoms with Crippen LogP contribution in [0.1, 0.15) is 39.4 Å². The fourth-order valence-corrected chi connectivity index (χ4v) is 1.93. The molecule has 1 saturated carbocycles. The van der Waals surface area contributed by atoms with Gasteiger partial charge in [0.25, 0.3) is 0 Å². The summed E-state index contributed by atoms with van der Waals surface area (Å²) in [4.78, 5) is 0. The van der Waals surface area contributed by atoms with Crippen LogP contribution in [0.25, 0.3) is 0 Å². The molecule has 0 radical (unpaired) electrons. The van der Waals surface area contributed by atoms with E-state index >= 15 is 0 Å². The van der Waals surface area contributed by atoms with Gasteiger partial charge in [-0.15, -0.1) is 10.2 Å². The second-order valence-electron chi connectivity index (χ2n) is 5.71. The van der Waals surface area contributed by atoms with Crippen LogP contribution < -0.4 is 0 Å². The average molecular weight is 258 g/mol. The summed E-state index contributed by atoms with van der Waals surface area (Å²) >= 11 is 6.04. The SMILES string of the molecule is CC(C)(C)c1nnc(Cl)n1CCOCC1CC1. The molecular formula is C12H20ClN3O. The van der Waals surface area contributed by atoms with Gasteiger partial charge in [0, 0.05) is 12.0 Å². The van der Waals surface area contributed by atoms with Gasteiger partial charge in [-0.3, -0.25) is 4.57 Å². The highest BCUT2D eigenvalue weighted by molar-refractivity contribution is 6.28. The van der Waals surface area contributed by atoms with Gasteiger partial charge in [-0.2, -0.15) is 0 Å². The first-order valence-electron chi connectivity index (χ1n) is 6.15. The van der Waals surface area contributed by atoms with Gasteiger partial charge in [0.05, 0.1) is 13.2 Å². The Hall–Kier alpha value is -0.610. The van der Waals surface area contributed by atoms with Crippen LogP contribution in [0, 0.1) is 5.92 Å². The third-order valence-corrected chi connectivity index (χ3v) is 3.17. The van der Waals surface area contributed by atoms with Crippen LogP contribution in [0.3, 0.4) is 0 Å². The van der Waals surface area contributed by atoms with Crippen molar-refractivity contribution >= 4 is 11.6 Å². The topological polar surface area (TPSA) is 39.9 Å². The smallest absolute Gasteiger partial charge is 0.225 e. The van der Waals surface area contributed by atoms with Crippen molar-refractivity contribution < 1.29 is 4.74 Å². The van der Waals surface area contributed by atoms with E-state index in [2.05, 4.69) is 31.0 Å². The predicted octanol–water partition coefficient (Wildman–Crippen LogP) is 2.66. The molecule has 1 aliphatic carbocycles. The highest BCUT2D eigenvalue weighted by Crippen LogP contribution is 2.28. The molecule has 17 heavy (non-hydrogen) atoms. The zero-order valence-electron chi connectivity index (χ0n) is 10.7. The van der Waals surface area contributed by atoms with Crippen LogP contribution in [-0.2, 0) is 16.7 Å². The van der Waals surface area contributed by atoms with Crippen molar-refractivity contribution in [2.75, 3.05) is 13.2 Å². The highest BCUT2D eigenvalue weighted by Gasteiger charge is 2.24.